The van der Waals surface area contributed by atoms with Crippen molar-refractivity contribution in [3.63, 3.8) is 0 Å². The van der Waals surface area contributed by atoms with Gasteiger partial charge in [0.2, 0.25) is 0 Å². The van der Waals surface area contributed by atoms with Gasteiger partial charge in [-0.15, -0.1) is 0 Å². The number of carbonyl (C=O) groups excluding carboxylic acids is 1. The van der Waals surface area contributed by atoms with Crippen molar-refractivity contribution in [1.29, 1.82) is 0 Å². The molecule has 0 aromatic heterocycles. The molecule has 0 bridgehead atoms. The first-order chi connectivity index (χ1) is 3.80. The van der Waals surface area contributed by atoms with E-state index in [1.165, 1.54) is 4.43 Å². The maximum absolute atomic E-state index is 10.7. The summed E-state index contributed by atoms with van der Waals surface area (Å²) < 4.78 is 2.16. The average molecular weight is 226 g/mol. The summed E-state index contributed by atoms with van der Waals surface area (Å²) >= 11 is 0.256. The van der Waals surface area contributed by atoms with E-state index in [2.05, 4.69) is 0 Å². The summed E-state index contributed by atoms with van der Waals surface area (Å²) in [6.45, 7) is 1.01. The van der Waals surface area contributed by atoms with Gasteiger partial charge >= 0.3 is 59.3 Å². The second-order valence-electron chi connectivity index (χ2n) is 1.83. The van der Waals surface area contributed by atoms with E-state index >= 15 is 0 Å². The van der Waals surface area contributed by atoms with E-state index in [-0.39, 0.29) is 21.2 Å². The minimum atomic E-state index is 0.256. The van der Waals surface area contributed by atoms with E-state index in [1.807, 2.05) is 11.9 Å². The molecule has 0 N–H and O–H groups in total. The zero-order valence-electron chi connectivity index (χ0n) is 4.85. The Morgan fingerprint density at radius 3 is 2.88 bits per heavy atom. The normalized spacial score (nSPS) is 22.6. The van der Waals surface area contributed by atoms with Crippen LogP contribution in [0.25, 0.3) is 0 Å². The molecule has 1 saturated heterocycles. The number of carbonyl (C=O) groups is 1. The Kier molecular flexibility index (Phi) is 2.10. The van der Waals surface area contributed by atoms with Crippen LogP contribution in [-0.2, 0) is 4.79 Å². The molecule has 1 rings (SSSR count). The van der Waals surface area contributed by atoms with Gasteiger partial charge < -0.3 is 0 Å². The number of hydrogen-bond donors (Lipinski definition) is 0. The van der Waals surface area contributed by atoms with Crippen molar-refractivity contribution < 1.29 is 26.0 Å². The van der Waals surface area contributed by atoms with Gasteiger partial charge in [0.05, 0.1) is 0 Å². The molecule has 1 fully saturated rings. The van der Waals surface area contributed by atoms with Crippen molar-refractivity contribution >= 4 is 5.91 Å². The maximum atomic E-state index is 10.7. The Morgan fingerprint density at radius 1 is 1.75 bits per heavy atom. The van der Waals surface area contributed by atoms with Crippen LogP contribution in [0.15, 0.2) is 0 Å². The van der Waals surface area contributed by atoms with Gasteiger partial charge in [-0.05, 0) is 0 Å². The van der Waals surface area contributed by atoms with E-state index in [4.69, 9.17) is 0 Å². The van der Waals surface area contributed by atoms with Gasteiger partial charge in [-0.25, -0.2) is 0 Å². The number of amides is 1. The topological polar surface area (TPSA) is 20.3 Å². The van der Waals surface area contributed by atoms with Crippen LogP contribution in [0.1, 0.15) is 0 Å². The minimum absolute atomic E-state index is 0.256. The molecule has 1 aliphatic heterocycles. The Balaban J connectivity index is 2.39. The summed E-state index contributed by atoms with van der Waals surface area (Å²) in [7, 11) is 1.88. The van der Waals surface area contributed by atoms with Crippen molar-refractivity contribution in [1.82, 2.24) is 4.90 Å². The van der Waals surface area contributed by atoms with Crippen LogP contribution in [0.2, 0.25) is 0 Å². The van der Waals surface area contributed by atoms with Gasteiger partial charge in [0.15, 0.2) is 0 Å². The van der Waals surface area contributed by atoms with Gasteiger partial charge in [0, 0.05) is 0 Å². The van der Waals surface area contributed by atoms with Crippen LogP contribution >= 0.6 is 0 Å². The zero-order chi connectivity index (χ0) is 5.98. The molecule has 0 atom stereocenters. The summed E-state index contributed by atoms with van der Waals surface area (Å²) in [6, 6.07) is 0. The summed E-state index contributed by atoms with van der Waals surface area (Å²) in [6.07, 6.45) is 0. The quantitative estimate of drug-likeness (QED) is 0.310. The molecule has 2 nitrogen and oxygen atoms in total. The van der Waals surface area contributed by atoms with Gasteiger partial charge in [-0.3, -0.25) is 0 Å². The average Bonchev–Trinajstić information content (AvgIpc) is 1.77. The zero-order valence-corrected chi connectivity index (χ0v) is 7.01. The van der Waals surface area contributed by atoms with Crippen molar-refractivity contribution in [2.75, 3.05) is 22.4 Å². The third kappa shape index (κ3) is 1.34. The molecule has 0 radical (unpaired) electrons. The molecule has 0 aromatic carbocycles. The SMILES string of the molecule is CN1CC[I-]CC1=O. The van der Waals surface area contributed by atoms with Crippen LogP contribution < -0.4 is 21.2 Å². The number of alkyl halides is 2. The van der Waals surface area contributed by atoms with Crippen LogP contribution in [0.4, 0.5) is 0 Å². The van der Waals surface area contributed by atoms with Gasteiger partial charge in [-0.1, -0.05) is 0 Å². The third-order valence-corrected chi connectivity index (χ3v) is 3.63. The molecule has 3 heteroatoms. The van der Waals surface area contributed by atoms with Gasteiger partial charge in [0.25, 0.3) is 0 Å². The second kappa shape index (κ2) is 2.66. The predicted octanol–water partition coefficient (Wildman–Crippen LogP) is -3.45. The molecule has 1 aliphatic rings. The van der Waals surface area contributed by atoms with Crippen molar-refractivity contribution in [2.45, 2.75) is 0 Å². The molecule has 0 aromatic rings. The number of hydrogen-bond acceptors (Lipinski definition) is 1. The molecule has 0 aliphatic carbocycles. The first kappa shape index (κ1) is 6.32. The van der Waals surface area contributed by atoms with Crippen LogP contribution in [0, 0.1) is 0 Å². The van der Waals surface area contributed by atoms with Crippen LogP contribution in [0.5, 0.6) is 0 Å². The second-order valence-corrected chi connectivity index (χ2v) is 4.75. The van der Waals surface area contributed by atoms with Gasteiger partial charge in [0.1, 0.15) is 0 Å². The Labute approximate surface area is 59.5 Å². The first-order valence-corrected chi connectivity index (χ1v) is 5.63. The first-order valence-electron chi connectivity index (χ1n) is 2.58. The van der Waals surface area contributed by atoms with E-state index in [1.54, 1.807) is 0 Å². The molecule has 0 unspecified atom stereocenters. The monoisotopic (exact) mass is 226 g/mol. The third-order valence-electron chi connectivity index (χ3n) is 1.19. The molecule has 8 heavy (non-hydrogen) atoms. The Hall–Kier alpha value is 0.200. The fourth-order valence-corrected chi connectivity index (χ4v) is 3.05. The van der Waals surface area contributed by atoms with E-state index in [0.29, 0.717) is 5.91 Å². The Morgan fingerprint density at radius 2 is 2.50 bits per heavy atom. The Bertz CT molecular complexity index is 105. The van der Waals surface area contributed by atoms with E-state index in [0.717, 1.165) is 11.0 Å². The number of nitrogens with zero attached hydrogens (tertiary/aromatic N) is 1. The molecular formula is C5H9INO-. The van der Waals surface area contributed by atoms with Crippen molar-refractivity contribution in [2.24, 2.45) is 0 Å². The molecule has 48 valence electrons. The van der Waals surface area contributed by atoms with E-state index in [9.17, 15) is 4.79 Å². The standard InChI is InChI=1S/C5H9INO/c1-7-3-2-6-4-5(7)8/h2-4H2,1H3/q-1. The molecule has 0 saturated carbocycles. The van der Waals surface area contributed by atoms with Crippen LogP contribution in [-0.4, -0.2) is 33.3 Å². The molecule has 0 spiro atoms. The number of halogens is 1. The molecule has 1 amide bonds. The fraction of sp³-hybridized carbons (Fsp3) is 0.800. The van der Waals surface area contributed by atoms with Crippen molar-refractivity contribution in [3.05, 3.63) is 0 Å². The molecular weight excluding hydrogens is 217 g/mol. The molecule has 1 heterocycles. The fourth-order valence-electron chi connectivity index (χ4n) is 0.561. The van der Waals surface area contributed by atoms with E-state index < -0.39 is 0 Å². The number of rotatable bonds is 0. The van der Waals surface area contributed by atoms with Crippen LogP contribution in [0.3, 0.4) is 0 Å². The summed E-state index contributed by atoms with van der Waals surface area (Å²) in [4.78, 5) is 12.6. The summed E-state index contributed by atoms with van der Waals surface area (Å²) in [5.41, 5.74) is 0. The van der Waals surface area contributed by atoms with Gasteiger partial charge in [-0.2, -0.15) is 0 Å². The van der Waals surface area contributed by atoms with Crippen molar-refractivity contribution in [3.8, 4) is 0 Å². The summed E-state index contributed by atoms with van der Waals surface area (Å²) in [5.74, 6) is 0.351. The predicted molar refractivity (Wildman–Crippen MR) is 27.4 cm³/mol. The summed E-state index contributed by atoms with van der Waals surface area (Å²) in [5, 5.41) is 0.